The summed E-state index contributed by atoms with van der Waals surface area (Å²) in [7, 11) is 0. The molecule has 0 unspecified atom stereocenters. The fourth-order valence-corrected chi connectivity index (χ4v) is 2.35. The number of carbonyl (C=O) groups excluding carboxylic acids is 2. The van der Waals surface area contributed by atoms with E-state index in [1.165, 1.54) is 0 Å². The molecule has 0 aromatic heterocycles. The maximum Gasteiger partial charge on any atom is 0.344 e. The maximum absolute atomic E-state index is 12.3. The van der Waals surface area contributed by atoms with Gasteiger partial charge in [-0.25, -0.2) is 9.79 Å². The first kappa shape index (κ1) is 16.0. The number of carbonyl (C=O) groups is 2. The second-order valence-corrected chi connectivity index (χ2v) is 5.47. The molecule has 1 N–H and O–H groups in total. The molecule has 0 aliphatic carbocycles. The lowest BCUT2D eigenvalue weighted by atomic mass is 10.0. The lowest BCUT2D eigenvalue weighted by Gasteiger charge is -2.03. The van der Waals surface area contributed by atoms with E-state index in [0.29, 0.717) is 10.7 Å². The van der Waals surface area contributed by atoms with Crippen LogP contribution in [-0.2, 0) is 9.53 Å². The highest BCUT2D eigenvalue weighted by atomic mass is 35.5. The SMILES string of the molecule is O=C1OCC(=Nc2ccc(Cl)cc2)/C1=C(\O)C(=O)c1ccccc1. The van der Waals surface area contributed by atoms with Crippen LogP contribution < -0.4 is 0 Å². The van der Waals surface area contributed by atoms with E-state index in [1.807, 2.05) is 0 Å². The van der Waals surface area contributed by atoms with E-state index in [0.717, 1.165) is 0 Å². The smallest absolute Gasteiger partial charge is 0.344 e. The highest BCUT2D eigenvalue weighted by molar-refractivity contribution is 6.31. The van der Waals surface area contributed by atoms with E-state index in [-0.39, 0.29) is 23.5 Å². The average molecular weight is 342 g/mol. The van der Waals surface area contributed by atoms with Gasteiger partial charge in [-0.15, -0.1) is 0 Å². The summed E-state index contributed by atoms with van der Waals surface area (Å²) < 4.78 is 4.92. The first-order chi connectivity index (χ1) is 11.6. The van der Waals surface area contributed by atoms with Crippen molar-refractivity contribution in [1.29, 1.82) is 0 Å². The minimum absolute atomic E-state index is 0.108. The van der Waals surface area contributed by atoms with Gasteiger partial charge in [-0.1, -0.05) is 41.9 Å². The standard InChI is InChI=1S/C18H12ClNO4/c19-12-6-8-13(9-7-12)20-14-10-24-18(23)15(14)17(22)16(21)11-4-2-1-3-5-11/h1-9,22H,10H2/b17-15+,20-14?. The number of hydrogen-bond acceptors (Lipinski definition) is 5. The summed E-state index contributed by atoms with van der Waals surface area (Å²) in [5.74, 6) is -2.10. The minimum atomic E-state index is -0.774. The van der Waals surface area contributed by atoms with E-state index in [1.54, 1.807) is 54.6 Å². The highest BCUT2D eigenvalue weighted by Gasteiger charge is 2.33. The molecule has 1 saturated heterocycles. The zero-order valence-electron chi connectivity index (χ0n) is 12.4. The molecule has 1 fully saturated rings. The van der Waals surface area contributed by atoms with Crippen molar-refractivity contribution < 1.29 is 19.4 Å². The highest BCUT2D eigenvalue weighted by Crippen LogP contribution is 2.23. The van der Waals surface area contributed by atoms with E-state index in [9.17, 15) is 14.7 Å². The Balaban J connectivity index is 2.01. The van der Waals surface area contributed by atoms with E-state index in [2.05, 4.69) is 4.99 Å². The second kappa shape index (κ2) is 6.68. The Morgan fingerprint density at radius 1 is 1.08 bits per heavy atom. The predicted molar refractivity (Wildman–Crippen MR) is 89.9 cm³/mol. The number of esters is 1. The number of aliphatic hydroxyl groups is 1. The van der Waals surface area contributed by atoms with Gasteiger partial charge in [0.1, 0.15) is 12.2 Å². The number of ketones is 1. The van der Waals surface area contributed by atoms with Crippen LogP contribution in [0.3, 0.4) is 0 Å². The monoisotopic (exact) mass is 341 g/mol. The zero-order valence-corrected chi connectivity index (χ0v) is 13.2. The predicted octanol–water partition coefficient (Wildman–Crippen LogP) is 3.66. The number of benzene rings is 2. The van der Waals surface area contributed by atoms with Gasteiger partial charge in [-0.2, -0.15) is 0 Å². The van der Waals surface area contributed by atoms with Gasteiger partial charge in [-0.3, -0.25) is 4.79 Å². The molecule has 0 amide bonds. The molecule has 120 valence electrons. The number of rotatable bonds is 3. The van der Waals surface area contributed by atoms with E-state index in [4.69, 9.17) is 16.3 Å². The van der Waals surface area contributed by atoms with Crippen LogP contribution in [0.5, 0.6) is 0 Å². The lowest BCUT2D eigenvalue weighted by Crippen LogP contribution is -2.13. The number of aliphatic imine (C=N–C) groups is 1. The molecule has 1 aliphatic rings. The van der Waals surface area contributed by atoms with Gasteiger partial charge in [0.05, 0.1) is 11.4 Å². The fraction of sp³-hybridized carbons (Fsp3) is 0.0556. The molecule has 0 saturated carbocycles. The van der Waals surface area contributed by atoms with Gasteiger partial charge >= 0.3 is 5.97 Å². The summed E-state index contributed by atoms with van der Waals surface area (Å²) in [5, 5.41) is 10.8. The number of aliphatic hydroxyl groups excluding tert-OH is 1. The number of ether oxygens (including phenoxy) is 1. The van der Waals surface area contributed by atoms with Crippen LogP contribution in [0.2, 0.25) is 5.02 Å². The van der Waals surface area contributed by atoms with Crippen LogP contribution in [0.4, 0.5) is 5.69 Å². The third kappa shape index (κ3) is 3.21. The zero-order chi connectivity index (χ0) is 17.1. The van der Waals surface area contributed by atoms with Crippen LogP contribution in [-0.4, -0.2) is 29.2 Å². The number of cyclic esters (lactones) is 1. The van der Waals surface area contributed by atoms with Crippen molar-refractivity contribution in [2.75, 3.05) is 6.61 Å². The van der Waals surface area contributed by atoms with Crippen LogP contribution >= 0.6 is 11.6 Å². The topological polar surface area (TPSA) is 76.0 Å². The maximum atomic E-state index is 12.3. The summed E-state index contributed by atoms with van der Waals surface area (Å²) in [6, 6.07) is 14.8. The van der Waals surface area contributed by atoms with Crippen molar-refractivity contribution in [3.63, 3.8) is 0 Å². The van der Waals surface area contributed by atoms with Gasteiger partial charge in [0.25, 0.3) is 0 Å². The van der Waals surface area contributed by atoms with Gasteiger partial charge in [0, 0.05) is 10.6 Å². The second-order valence-electron chi connectivity index (χ2n) is 5.03. The van der Waals surface area contributed by atoms with Crippen molar-refractivity contribution in [2.45, 2.75) is 0 Å². The molecule has 24 heavy (non-hydrogen) atoms. The number of hydrogen-bond donors (Lipinski definition) is 1. The van der Waals surface area contributed by atoms with Crippen molar-refractivity contribution >= 4 is 34.8 Å². The van der Waals surface area contributed by atoms with Crippen molar-refractivity contribution in [1.82, 2.24) is 0 Å². The van der Waals surface area contributed by atoms with Crippen molar-refractivity contribution in [3.8, 4) is 0 Å². The molecular weight excluding hydrogens is 330 g/mol. The Kier molecular flexibility index (Phi) is 4.44. The van der Waals surface area contributed by atoms with Crippen molar-refractivity contribution in [3.05, 3.63) is 76.5 Å². The Morgan fingerprint density at radius 3 is 2.42 bits per heavy atom. The Bertz CT molecular complexity index is 854. The summed E-state index contributed by atoms with van der Waals surface area (Å²) in [4.78, 5) is 28.5. The van der Waals surface area contributed by atoms with Crippen LogP contribution in [0.1, 0.15) is 10.4 Å². The van der Waals surface area contributed by atoms with Gasteiger partial charge in [-0.05, 0) is 24.3 Å². The molecule has 0 atom stereocenters. The molecule has 0 spiro atoms. The fourth-order valence-electron chi connectivity index (χ4n) is 2.23. The minimum Gasteiger partial charge on any atom is -0.503 e. The molecule has 2 aromatic rings. The molecule has 3 rings (SSSR count). The molecule has 1 heterocycles. The number of halogens is 1. The normalized spacial score (nSPS) is 17.7. The quantitative estimate of drug-likeness (QED) is 0.400. The Hall–Kier alpha value is -2.92. The van der Waals surface area contributed by atoms with Crippen LogP contribution in [0.15, 0.2) is 70.9 Å². The third-order valence-corrected chi connectivity index (χ3v) is 3.66. The van der Waals surface area contributed by atoms with E-state index >= 15 is 0 Å². The lowest BCUT2D eigenvalue weighted by molar-refractivity contribution is -0.135. The summed E-state index contributed by atoms with van der Waals surface area (Å²) in [5.41, 5.74) is 0.793. The summed E-state index contributed by atoms with van der Waals surface area (Å²) in [6.45, 7) is -0.108. The molecule has 6 heteroatoms. The average Bonchev–Trinajstić information content (AvgIpc) is 2.97. The molecular formula is C18H12ClNO4. The van der Waals surface area contributed by atoms with Crippen LogP contribution in [0, 0.1) is 0 Å². The largest absolute Gasteiger partial charge is 0.503 e. The van der Waals surface area contributed by atoms with Gasteiger partial charge in [0.15, 0.2) is 5.76 Å². The van der Waals surface area contributed by atoms with E-state index < -0.39 is 17.5 Å². The Labute approximate surface area is 142 Å². The Morgan fingerprint density at radius 2 is 1.75 bits per heavy atom. The summed E-state index contributed by atoms with van der Waals surface area (Å²) >= 11 is 5.82. The molecule has 0 bridgehead atoms. The molecule has 2 aromatic carbocycles. The number of nitrogens with zero attached hydrogens (tertiary/aromatic N) is 1. The molecule has 1 aliphatic heterocycles. The molecule has 0 radical (unpaired) electrons. The van der Waals surface area contributed by atoms with Gasteiger partial charge in [0.2, 0.25) is 5.78 Å². The van der Waals surface area contributed by atoms with Crippen molar-refractivity contribution in [2.24, 2.45) is 4.99 Å². The van der Waals surface area contributed by atoms with Crippen LogP contribution in [0.25, 0.3) is 0 Å². The first-order valence-electron chi connectivity index (χ1n) is 7.10. The molecule has 5 nitrogen and oxygen atoms in total. The first-order valence-corrected chi connectivity index (χ1v) is 7.47. The summed E-state index contributed by atoms with van der Waals surface area (Å²) in [6.07, 6.45) is 0. The van der Waals surface area contributed by atoms with Gasteiger partial charge < -0.3 is 9.84 Å². The number of allylic oxidation sites excluding steroid dienone is 1. The number of Topliss-reactive ketones (excluding diaryl/α,β-unsaturated/α-hetero) is 1. The third-order valence-electron chi connectivity index (χ3n) is 3.41.